The number of halogens is 3. The topological polar surface area (TPSA) is 105 Å². The number of ether oxygens (including phenoxy) is 1. The summed E-state index contributed by atoms with van der Waals surface area (Å²) >= 11 is 1.51. The largest absolute Gasteiger partial charge is 0.490 e. The van der Waals surface area contributed by atoms with Gasteiger partial charge >= 0.3 is 18.1 Å². The van der Waals surface area contributed by atoms with Crippen molar-refractivity contribution in [1.82, 2.24) is 5.32 Å². The highest BCUT2D eigenvalue weighted by Gasteiger charge is 2.38. The number of methoxy groups -OCH3 is 1. The Hall–Kier alpha value is -2.92. The summed E-state index contributed by atoms with van der Waals surface area (Å²) in [6.07, 6.45) is -2.80. The van der Waals surface area contributed by atoms with E-state index in [0.29, 0.717) is 22.2 Å². The Bertz CT molecular complexity index is 908. The Labute approximate surface area is 173 Å². The van der Waals surface area contributed by atoms with Gasteiger partial charge < -0.3 is 20.5 Å². The van der Waals surface area contributed by atoms with E-state index in [2.05, 4.69) is 15.4 Å². The number of aliphatic carboxylic acids is 1. The predicted octanol–water partition coefficient (Wildman–Crippen LogP) is 3.84. The first kappa shape index (κ1) is 23.4. The van der Waals surface area contributed by atoms with Gasteiger partial charge in [-0.2, -0.15) is 13.2 Å². The smallest absolute Gasteiger partial charge is 0.475 e. The van der Waals surface area contributed by atoms with Crippen LogP contribution in [0.15, 0.2) is 36.4 Å². The summed E-state index contributed by atoms with van der Waals surface area (Å²) < 4.78 is 36.4. The van der Waals surface area contributed by atoms with Crippen LogP contribution in [-0.4, -0.2) is 42.8 Å². The first-order valence-corrected chi connectivity index (χ1v) is 9.56. The summed E-state index contributed by atoms with van der Waals surface area (Å²) in [6, 6.07) is 10.9. The lowest BCUT2D eigenvalue weighted by Crippen LogP contribution is -2.21. The fourth-order valence-electron chi connectivity index (χ4n) is 2.62. The second-order valence-corrected chi connectivity index (χ2v) is 7.30. The second kappa shape index (κ2) is 10.2. The van der Waals surface area contributed by atoms with Crippen LogP contribution in [0.1, 0.15) is 43.8 Å². The molecule has 162 valence electrons. The first-order chi connectivity index (χ1) is 14.1. The third-order valence-corrected chi connectivity index (χ3v) is 5.24. The lowest BCUT2D eigenvalue weighted by atomic mass is 10.2. The Morgan fingerprint density at radius 3 is 2.50 bits per heavy atom. The molecule has 0 aliphatic carbocycles. The molecular formula is C19H19F3N2O5S. The molecule has 3 N–H and O–H groups in total. The third-order valence-electron chi connectivity index (χ3n) is 4.04. The Morgan fingerprint density at radius 2 is 1.93 bits per heavy atom. The molecule has 0 saturated carbocycles. The Balaban J connectivity index is 0.000000396. The van der Waals surface area contributed by atoms with Gasteiger partial charge in [0.1, 0.15) is 0 Å². The van der Waals surface area contributed by atoms with Gasteiger partial charge in [-0.25, -0.2) is 9.59 Å². The van der Waals surface area contributed by atoms with Crippen LogP contribution in [0.5, 0.6) is 0 Å². The van der Waals surface area contributed by atoms with E-state index in [-0.39, 0.29) is 5.91 Å². The molecule has 11 heteroatoms. The fraction of sp³-hybridized carbons (Fsp3) is 0.316. The van der Waals surface area contributed by atoms with Crippen molar-refractivity contribution in [3.8, 4) is 0 Å². The lowest BCUT2D eigenvalue weighted by Gasteiger charge is -2.07. The van der Waals surface area contributed by atoms with Gasteiger partial charge in [0.25, 0.3) is 5.91 Å². The standard InChI is InChI=1S/C17H18N2O3S.C2HF3O2/c1-22-17(21)11-4-2-5-12(10-11)19-16(20)15-8-7-14(23-15)13-6-3-9-18-13;3-2(4,5)1(6)7/h2,4-5,7-8,10,13,18H,3,6,9H2,1H3,(H,19,20);(H,6,7). The third kappa shape index (κ3) is 6.56. The lowest BCUT2D eigenvalue weighted by molar-refractivity contribution is -0.192. The van der Waals surface area contributed by atoms with Gasteiger partial charge in [0, 0.05) is 16.6 Å². The molecule has 1 aliphatic rings. The highest BCUT2D eigenvalue weighted by atomic mass is 32.1. The molecule has 1 aromatic carbocycles. The van der Waals surface area contributed by atoms with Crippen molar-refractivity contribution in [1.29, 1.82) is 0 Å². The number of alkyl halides is 3. The maximum absolute atomic E-state index is 12.4. The number of anilines is 1. The molecule has 1 fully saturated rings. The maximum Gasteiger partial charge on any atom is 0.490 e. The van der Waals surface area contributed by atoms with Gasteiger partial charge in [-0.05, 0) is 49.7 Å². The van der Waals surface area contributed by atoms with Crippen LogP contribution in [-0.2, 0) is 9.53 Å². The van der Waals surface area contributed by atoms with Crippen molar-refractivity contribution >= 4 is 34.9 Å². The summed E-state index contributed by atoms with van der Waals surface area (Å²) in [5.41, 5.74) is 0.985. The molecule has 0 radical (unpaired) electrons. The monoisotopic (exact) mass is 444 g/mol. The van der Waals surface area contributed by atoms with E-state index in [1.165, 1.54) is 29.7 Å². The van der Waals surface area contributed by atoms with Crippen molar-refractivity contribution in [2.45, 2.75) is 25.1 Å². The molecule has 0 spiro atoms. The fourth-order valence-corrected chi connectivity index (χ4v) is 3.64. The quantitative estimate of drug-likeness (QED) is 0.619. The van der Waals surface area contributed by atoms with E-state index in [9.17, 15) is 22.8 Å². The van der Waals surface area contributed by atoms with E-state index >= 15 is 0 Å². The van der Waals surface area contributed by atoms with Gasteiger partial charge in [0.2, 0.25) is 0 Å². The van der Waals surface area contributed by atoms with Gasteiger partial charge in [-0.3, -0.25) is 4.79 Å². The van der Waals surface area contributed by atoms with Gasteiger partial charge in [-0.1, -0.05) is 6.07 Å². The van der Waals surface area contributed by atoms with Crippen LogP contribution < -0.4 is 10.6 Å². The molecular weight excluding hydrogens is 425 g/mol. The zero-order chi connectivity index (χ0) is 22.3. The molecule has 1 unspecified atom stereocenters. The zero-order valence-corrected chi connectivity index (χ0v) is 16.6. The van der Waals surface area contributed by atoms with E-state index in [1.807, 2.05) is 12.1 Å². The number of thiophene rings is 1. The number of hydrogen-bond acceptors (Lipinski definition) is 6. The number of carboxylic acids is 1. The molecule has 3 rings (SSSR count). The number of amides is 1. The van der Waals surface area contributed by atoms with Crippen LogP contribution in [0.2, 0.25) is 0 Å². The van der Waals surface area contributed by atoms with Crippen LogP contribution in [0.4, 0.5) is 18.9 Å². The van der Waals surface area contributed by atoms with E-state index in [4.69, 9.17) is 9.90 Å². The summed E-state index contributed by atoms with van der Waals surface area (Å²) in [7, 11) is 1.33. The zero-order valence-electron chi connectivity index (χ0n) is 15.8. The first-order valence-electron chi connectivity index (χ1n) is 8.74. The number of carbonyl (C=O) groups excluding carboxylic acids is 2. The van der Waals surface area contributed by atoms with Crippen LogP contribution in [0.25, 0.3) is 0 Å². The van der Waals surface area contributed by atoms with Gasteiger partial charge in [0.05, 0.1) is 17.6 Å². The summed E-state index contributed by atoms with van der Waals surface area (Å²) in [4.78, 5) is 34.6. The molecule has 1 atom stereocenters. The van der Waals surface area contributed by atoms with Crippen molar-refractivity contribution < 1.29 is 37.4 Å². The number of nitrogens with one attached hydrogen (secondary N) is 2. The number of carbonyl (C=O) groups is 3. The van der Waals surface area contributed by atoms with Crippen molar-refractivity contribution in [2.24, 2.45) is 0 Å². The van der Waals surface area contributed by atoms with Crippen LogP contribution in [0.3, 0.4) is 0 Å². The molecule has 30 heavy (non-hydrogen) atoms. The number of carboxylic acid groups (broad SMARTS) is 1. The van der Waals surface area contributed by atoms with Gasteiger partial charge in [0.15, 0.2) is 0 Å². The number of esters is 1. The number of hydrogen-bond donors (Lipinski definition) is 3. The minimum absolute atomic E-state index is 0.165. The van der Waals surface area contributed by atoms with Crippen LogP contribution >= 0.6 is 11.3 Å². The molecule has 1 aromatic heterocycles. The highest BCUT2D eigenvalue weighted by molar-refractivity contribution is 7.14. The van der Waals surface area contributed by atoms with Gasteiger partial charge in [-0.15, -0.1) is 11.3 Å². The summed E-state index contributed by atoms with van der Waals surface area (Å²) in [6.45, 7) is 1.03. The van der Waals surface area contributed by atoms with E-state index in [0.717, 1.165) is 13.0 Å². The molecule has 7 nitrogen and oxygen atoms in total. The van der Waals surface area contributed by atoms with Crippen molar-refractivity contribution in [2.75, 3.05) is 19.0 Å². The SMILES string of the molecule is COC(=O)c1cccc(NC(=O)c2ccc(C3CCCN3)s2)c1.O=C(O)C(F)(F)F. The van der Waals surface area contributed by atoms with Crippen LogP contribution in [0, 0.1) is 0 Å². The molecule has 1 amide bonds. The highest BCUT2D eigenvalue weighted by Crippen LogP contribution is 2.29. The molecule has 1 saturated heterocycles. The van der Waals surface area contributed by atoms with E-state index in [1.54, 1.807) is 24.3 Å². The minimum Gasteiger partial charge on any atom is -0.475 e. The van der Waals surface area contributed by atoms with Crippen molar-refractivity contribution in [3.05, 3.63) is 51.7 Å². The maximum atomic E-state index is 12.4. The second-order valence-electron chi connectivity index (χ2n) is 6.18. The Morgan fingerprint density at radius 1 is 1.23 bits per heavy atom. The average Bonchev–Trinajstić information content (AvgIpc) is 3.39. The normalized spacial score (nSPS) is 15.7. The minimum atomic E-state index is -5.08. The number of rotatable bonds is 4. The summed E-state index contributed by atoms with van der Waals surface area (Å²) in [5.74, 6) is -3.35. The van der Waals surface area contributed by atoms with Crippen molar-refractivity contribution in [3.63, 3.8) is 0 Å². The summed E-state index contributed by atoms with van der Waals surface area (Å²) in [5, 5.41) is 13.4. The molecule has 1 aliphatic heterocycles. The average molecular weight is 444 g/mol. The van der Waals surface area contributed by atoms with E-state index < -0.39 is 18.1 Å². The number of benzene rings is 1. The molecule has 0 bridgehead atoms. The Kier molecular flexibility index (Phi) is 7.95. The predicted molar refractivity (Wildman–Crippen MR) is 104 cm³/mol. The molecule has 2 heterocycles. The molecule has 2 aromatic rings.